The molecular weight excluding hydrogens is 350 g/mol. The van der Waals surface area contributed by atoms with Crippen LogP contribution in [0, 0.1) is 0 Å². The summed E-state index contributed by atoms with van der Waals surface area (Å²) in [6.45, 7) is 1.56. The van der Waals surface area contributed by atoms with Gasteiger partial charge in [-0.1, -0.05) is 35.6 Å². The summed E-state index contributed by atoms with van der Waals surface area (Å²) in [4.78, 5) is 44.9. The number of amides is 3. The first-order valence-corrected chi connectivity index (χ1v) is 8.90. The molecule has 26 heavy (non-hydrogen) atoms. The molecule has 2 aromatic carbocycles. The van der Waals surface area contributed by atoms with Crippen LogP contribution in [-0.4, -0.2) is 40.7 Å². The number of hydrogen-bond acceptors (Lipinski definition) is 5. The lowest BCUT2D eigenvalue weighted by Gasteiger charge is -2.25. The van der Waals surface area contributed by atoms with Crippen LogP contribution in [0.3, 0.4) is 0 Å². The van der Waals surface area contributed by atoms with Gasteiger partial charge in [-0.15, -0.1) is 0 Å². The molecule has 3 aromatic rings. The number of fused-ring (bicyclic) bond motifs is 2. The predicted octanol–water partition coefficient (Wildman–Crippen LogP) is 2.94. The van der Waals surface area contributed by atoms with Gasteiger partial charge in [0.2, 0.25) is 0 Å². The maximum Gasteiger partial charge on any atom is 0.262 e. The molecule has 0 bridgehead atoms. The third-order valence-electron chi connectivity index (χ3n) is 4.47. The summed E-state index contributed by atoms with van der Waals surface area (Å²) >= 11 is 1.39. The number of hydrogen-bond donors (Lipinski definition) is 0. The smallest absolute Gasteiger partial charge is 0.262 e. The number of imide groups is 1. The quantitative estimate of drug-likeness (QED) is 0.669. The second-order valence-corrected chi connectivity index (χ2v) is 7.07. The Labute approximate surface area is 153 Å². The minimum atomic E-state index is -0.917. The summed E-state index contributed by atoms with van der Waals surface area (Å²) in [5, 5.41) is 0.527. The number of nitrogens with zero attached hydrogens (tertiary/aromatic N) is 3. The first kappa shape index (κ1) is 16.4. The SMILES string of the molecule is CC(C(=O)N(C)c1nc2ccccc2s1)N1C(=O)c2ccccc2C1=O. The zero-order chi connectivity index (χ0) is 18.4. The Balaban J connectivity index is 1.62. The van der Waals surface area contributed by atoms with Crippen LogP contribution < -0.4 is 4.90 Å². The highest BCUT2D eigenvalue weighted by Crippen LogP contribution is 2.30. The van der Waals surface area contributed by atoms with E-state index in [0.29, 0.717) is 16.3 Å². The van der Waals surface area contributed by atoms with Crippen LogP contribution in [0.2, 0.25) is 0 Å². The zero-order valence-electron chi connectivity index (χ0n) is 14.2. The minimum absolute atomic E-state index is 0.333. The van der Waals surface area contributed by atoms with Gasteiger partial charge in [0.15, 0.2) is 5.13 Å². The van der Waals surface area contributed by atoms with Crippen molar-refractivity contribution in [2.24, 2.45) is 0 Å². The van der Waals surface area contributed by atoms with E-state index in [1.54, 1.807) is 38.2 Å². The Morgan fingerprint density at radius 2 is 1.62 bits per heavy atom. The molecule has 1 aliphatic rings. The van der Waals surface area contributed by atoms with Crippen molar-refractivity contribution in [1.82, 2.24) is 9.88 Å². The third-order valence-corrected chi connectivity index (χ3v) is 5.58. The molecule has 0 fully saturated rings. The van der Waals surface area contributed by atoms with Crippen LogP contribution >= 0.6 is 11.3 Å². The van der Waals surface area contributed by atoms with E-state index in [2.05, 4.69) is 4.98 Å². The fraction of sp³-hybridized carbons (Fsp3) is 0.158. The van der Waals surface area contributed by atoms with E-state index in [1.165, 1.54) is 16.2 Å². The molecule has 0 aliphatic carbocycles. The number of anilines is 1. The molecule has 2 heterocycles. The van der Waals surface area contributed by atoms with E-state index in [0.717, 1.165) is 15.1 Å². The van der Waals surface area contributed by atoms with E-state index in [-0.39, 0.29) is 5.91 Å². The van der Waals surface area contributed by atoms with Gasteiger partial charge in [-0.2, -0.15) is 0 Å². The van der Waals surface area contributed by atoms with Crippen LogP contribution in [0.5, 0.6) is 0 Å². The van der Waals surface area contributed by atoms with Gasteiger partial charge in [0.1, 0.15) is 6.04 Å². The Bertz CT molecular complexity index is 991. The molecule has 6 nitrogen and oxygen atoms in total. The lowest BCUT2D eigenvalue weighted by Crippen LogP contribution is -2.48. The van der Waals surface area contributed by atoms with Gasteiger partial charge in [-0.3, -0.25) is 24.2 Å². The van der Waals surface area contributed by atoms with E-state index >= 15 is 0 Å². The van der Waals surface area contributed by atoms with Crippen molar-refractivity contribution in [3.8, 4) is 0 Å². The molecule has 1 aromatic heterocycles. The zero-order valence-corrected chi connectivity index (χ0v) is 15.0. The topological polar surface area (TPSA) is 70.6 Å². The van der Waals surface area contributed by atoms with Crippen LogP contribution in [0.15, 0.2) is 48.5 Å². The van der Waals surface area contributed by atoms with Gasteiger partial charge >= 0.3 is 0 Å². The van der Waals surface area contributed by atoms with Crippen LogP contribution in [0.25, 0.3) is 10.2 Å². The van der Waals surface area contributed by atoms with Crippen molar-refractivity contribution in [2.75, 3.05) is 11.9 Å². The average molecular weight is 365 g/mol. The normalized spacial score (nSPS) is 14.6. The van der Waals surface area contributed by atoms with Crippen LogP contribution in [-0.2, 0) is 4.79 Å². The first-order chi connectivity index (χ1) is 12.5. The van der Waals surface area contributed by atoms with Gasteiger partial charge in [0, 0.05) is 7.05 Å². The first-order valence-electron chi connectivity index (χ1n) is 8.09. The standard InChI is InChI=1S/C19H15N3O3S/c1-11(22-17(24)12-7-3-4-8-13(12)18(22)25)16(23)21(2)19-20-14-9-5-6-10-15(14)26-19/h3-11H,1-2H3. The minimum Gasteiger partial charge on any atom is -0.289 e. The lowest BCUT2D eigenvalue weighted by molar-refractivity contribution is -0.121. The number of carbonyl (C=O) groups excluding carboxylic acids is 3. The number of carbonyl (C=O) groups is 3. The molecule has 130 valence electrons. The maximum absolute atomic E-state index is 12.9. The van der Waals surface area contributed by atoms with Gasteiger partial charge in [-0.25, -0.2) is 4.98 Å². The average Bonchev–Trinajstić information content (AvgIpc) is 3.20. The molecule has 1 unspecified atom stereocenters. The van der Waals surface area contributed by atoms with Gasteiger partial charge in [-0.05, 0) is 31.2 Å². The Hall–Kier alpha value is -3.06. The van der Waals surface area contributed by atoms with Crippen LogP contribution in [0.4, 0.5) is 5.13 Å². The number of para-hydroxylation sites is 1. The van der Waals surface area contributed by atoms with Crippen molar-refractivity contribution in [2.45, 2.75) is 13.0 Å². The second kappa shape index (κ2) is 6.03. The molecule has 1 aliphatic heterocycles. The molecule has 7 heteroatoms. The van der Waals surface area contributed by atoms with Crippen molar-refractivity contribution < 1.29 is 14.4 Å². The van der Waals surface area contributed by atoms with Crippen molar-refractivity contribution >= 4 is 44.4 Å². The van der Waals surface area contributed by atoms with E-state index in [9.17, 15) is 14.4 Å². The van der Waals surface area contributed by atoms with Gasteiger partial charge in [0.05, 0.1) is 21.3 Å². The molecule has 1 atom stereocenters. The van der Waals surface area contributed by atoms with E-state index in [4.69, 9.17) is 0 Å². The van der Waals surface area contributed by atoms with Crippen LogP contribution in [0.1, 0.15) is 27.6 Å². The number of aromatic nitrogens is 1. The molecule has 0 saturated heterocycles. The molecular formula is C19H15N3O3S. The highest BCUT2D eigenvalue weighted by molar-refractivity contribution is 7.22. The number of thiazole rings is 1. The molecule has 3 amide bonds. The fourth-order valence-corrected chi connectivity index (χ4v) is 3.98. The Morgan fingerprint density at radius 3 is 2.23 bits per heavy atom. The van der Waals surface area contributed by atoms with Crippen molar-refractivity contribution in [1.29, 1.82) is 0 Å². The molecule has 0 saturated carbocycles. The summed E-state index contributed by atoms with van der Waals surface area (Å²) in [7, 11) is 1.61. The summed E-state index contributed by atoms with van der Waals surface area (Å²) < 4.78 is 0.968. The number of benzene rings is 2. The van der Waals surface area contributed by atoms with Gasteiger partial charge < -0.3 is 0 Å². The highest BCUT2D eigenvalue weighted by Gasteiger charge is 2.41. The summed E-state index contributed by atoms with van der Waals surface area (Å²) in [6.07, 6.45) is 0. The number of rotatable bonds is 3. The summed E-state index contributed by atoms with van der Waals surface area (Å²) in [5.74, 6) is -1.24. The van der Waals surface area contributed by atoms with Crippen molar-refractivity contribution in [3.63, 3.8) is 0 Å². The third kappa shape index (κ3) is 2.40. The molecule has 0 spiro atoms. The maximum atomic E-state index is 12.9. The largest absolute Gasteiger partial charge is 0.289 e. The Kier molecular flexibility index (Phi) is 3.81. The predicted molar refractivity (Wildman–Crippen MR) is 99.4 cm³/mol. The number of likely N-dealkylation sites (N-methyl/N-ethyl adjacent to an activating group) is 1. The lowest BCUT2D eigenvalue weighted by atomic mass is 10.1. The Morgan fingerprint density at radius 1 is 1.04 bits per heavy atom. The highest BCUT2D eigenvalue weighted by atomic mass is 32.1. The second-order valence-electron chi connectivity index (χ2n) is 6.06. The van der Waals surface area contributed by atoms with E-state index in [1.807, 2.05) is 24.3 Å². The van der Waals surface area contributed by atoms with Crippen molar-refractivity contribution in [3.05, 3.63) is 59.7 Å². The van der Waals surface area contributed by atoms with Gasteiger partial charge in [0.25, 0.3) is 17.7 Å². The summed E-state index contributed by atoms with van der Waals surface area (Å²) in [5.41, 5.74) is 1.47. The summed E-state index contributed by atoms with van der Waals surface area (Å²) in [6, 6.07) is 13.3. The molecule has 4 rings (SSSR count). The molecule has 0 N–H and O–H groups in total. The molecule has 0 radical (unpaired) electrons. The monoisotopic (exact) mass is 365 g/mol. The van der Waals surface area contributed by atoms with E-state index < -0.39 is 17.9 Å². The fourth-order valence-electron chi connectivity index (χ4n) is 3.05.